The lowest BCUT2D eigenvalue weighted by atomic mass is 9.95. The maximum absolute atomic E-state index is 4.39. The summed E-state index contributed by atoms with van der Waals surface area (Å²) >= 11 is 0. The van der Waals surface area contributed by atoms with Crippen molar-refractivity contribution in [2.45, 2.75) is 18.9 Å². The van der Waals surface area contributed by atoms with Crippen molar-refractivity contribution in [3.63, 3.8) is 0 Å². The first-order chi connectivity index (χ1) is 5.47. The van der Waals surface area contributed by atoms with Crippen molar-refractivity contribution in [1.82, 2.24) is 5.32 Å². The van der Waals surface area contributed by atoms with Crippen LogP contribution in [0, 0.1) is 5.92 Å². The van der Waals surface area contributed by atoms with Crippen LogP contribution in [0.4, 0.5) is 0 Å². The van der Waals surface area contributed by atoms with E-state index in [1.807, 2.05) is 18.6 Å². The van der Waals surface area contributed by atoms with Crippen molar-refractivity contribution < 1.29 is 0 Å². The number of rotatable bonds is 0. The average molecular weight is 147 g/mol. The van der Waals surface area contributed by atoms with E-state index in [4.69, 9.17) is 0 Å². The summed E-state index contributed by atoms with van der Waals surface area (Å²) in [5.41, 5.74) is 0. The van der Waals surface area contributed by atoms with E-state index in [0.717, 1.165) is 6.42 Å². The lowest BCUT2D eigenvalue weighted by Gasteiger charge is -2.18. The molecular weight excluding hydrogens is 136 g/mol. The molecule has 0 aromatic heterocycles. The summed E-state index contributed by atoms with van der Waals surface area (Å²) in [7, 11) is 0. The van der Waals surface area contributed by atoms with E-state index in [9.17, 15) is 0 Å². The summed E-state index contributed by atoms with van der Waals surface area (Å²) < 4.78 is 0. The van der Waals surface area contributed by atoms with Crippen LogP contribution in [0.5, 0.6) is 0 Å². The van der Waals surface area contributed by atoms with Crippen molar-refractivity contribution >= 4 is 6.21 Å². The second-order valence-electron chi connectivity index (χ2n) is 2.91. The fraction of sp³-hybridized carbons (Fsp3) is 0.444. The highest BCUT2D eigenvalue weighted by molar-refractivity contribution is 5.64. The van der Waals surface area contributed by atoms with Crippen LogP contribution in [-0.2, 0) is 0 Å². The molecule has 0 fully saturated rings. The zero-order valence-corrected chi connectivity index (χ0v) is 6.35. The number of fused-ring (bicyclic) bond motifs is 1. The van der Waals surface area contributed by atoms with Crippen LogP contribution in [0.1, 0.15) is 12.8 Å². The number of aliphatic imine (C=N–C) groups is 1. The Morgan fingerprint density at radius 2 is 2.27 bits per heavy atom. The molecule has 57 valence electrons. The Hall–Kier alpha value is -1.05. The highest BCUT2D eigenvalue weighted by atomic mass is 14.9. The molecule has 2 rings (SSSR count). The zero-order valence-electron chi connectivity index (χ0n) is 6.35. The lowest BCUT2D eigenvalue weighted by Crippen LogP contribution is -2.27. The van der Waals surface area contributed by atoms with Crippen LogP contribution in [0.2, 0.25) is 0 Å². The third-order valence-corrected chi connectivity index (χ3v) is 2.12. The second-order valence-corrected chi connectivity index (χ2v) is 2.91. The molecule has 2 heterocycles. The Morgan fingerprint density at radius 1 is 1.27 bits per heavy atom. The van der Waals surface area contributed by atoms with Gasteiger partial charge in [0.05, 0.1) is 6.04 Å². The minimum absolute atomic E-state index is 0.353. The van der Waals surface area contributed by atoms with E-state index in [2.05, 4.69) is 22.5 Å². The monoisotopic (exact) mass is 147 g/mol. The third kappa shape index (κ3) is 1.34. The van der Waals surface area contributed by atoms with Crippen LogP contribution < -0.4 is 5.32 Å². The molecule has 2 aliphatic heterocycles. The van der Waals surface area contributed by atoms with E-state index in [0.29, 0.717) is 12.0 Å². The smallest absolute Gasteiger partial charge is 0.0775 e. The Labute approximate surface area is 66.7 Å². The van der Waals surface area contributed by atoms with E-state index in [1.165, 1.54) is 6.42 Å². The van der Waals surface area contributed by atoms with Gasteiger partial charge in [-0.1, -0.05) is 6.08 Å². The zero-order chi connectivity index (χ0) is 7.52. The van der Waals surface area contributed by atoms with E-state index in [-0.39, 0.29) is 0 Å². The van der Waals surface area contributed by atoms with Gasteiger partial charge in [-0.15, -0.1) is 0 Å². The highest BCUT2D eigenvalue weighted by Crippen LogP contribution is 2.17. The van der Waals surface area contributed by atoms with E-state index in [1.54, 1.807) is 0 Å². The molecule has 1 radical (unpaired) electrons. The number of hydrogen-bond donors (Lipinski definition) is 0. The van der Waals surface area contributed by atoms with E-state index >= 15 is 0 Å². The fourth-order valence-electron chi connectivity index (χ4n) is 1.46. The van der Waals surface area contributed by atoms with Crippen LogP contribution in [-0.4, -0.2) is 12.3 Å². The van der Waals surface area contributed by atoms with Gasteiger partial charge in [0.15, 0.2) is 0 Å². The number of hydrogen-bond acceptors (Lipinski definition) is 1. The molecule has 0 aromatic rings. The first kappa shape index (κ1) is 6.65. The number of allylic oxidation sites excluding steroid dienone is 1. The third-order valence-electron chi connectivity index (χ3n) is 2.12. The normalized spacial score (nSPS) is 34.2. The van der Waals surface area contributed by atoms with Crippen LogP contribution in [0.3, 0.4) is 0 Å². The molecule has 0 aliphatic carbocycles. The van der Waals surface area contributed by atoms with Crippen LogP contribution >= 0.6 is 0 Å². The van der Waals surface area contributed by atoms with Crippen molar-refractivity contribution in [2.75, 3.05) is 0 Å². The first-order valence-electron chi connectivity index (χ1n) is 4.02. The Balaban J connectivity index is 2.13. The summed E-state index contributed by atoms with van der Waals surface area (Å²) in [5, 5.41) is 4.39. The molecule has 2 aliphatic rings. The molecule has 0 aromatic carbocycles. The van der Waals surface area contributed by atoms with Gasteiger partial charge >= 0.3 is 0 Å². The summed E-state index contributed by atoms with van der Waals surface area (Å²) in [6.07, 6.45) is 12.3. The molecule has 2 unspecified atom stereocenters. The fourth-order valence-corrected chi connectivity index (χ4v) is 1.46. The quantitative estimate of drug-likeness (QED) is 0.496. The molecule has 0 amide bonds. The predicted molar refractivity (Wildman–Crippen MR) is 45.4 cm³/mol. The standard InChI is InChI=1S/C9H11N2/c1-2-5-11-9-4-6-10-7-8(9)3-1/h2,4-9H,1,3H2. The summed E-state index contributed by atoms with van der Waals surface area (Å²) in [5.74, 6) is 0.537. The molecule has 2 heteroatoms. The van der Waals surface area contributed by atoms with Gasteiger partial charge in [-0.2, -0.15) is 0 Å². The largest absolute Gasteiger partial charge is 0.285 e. The average Bonchev–Trinajstić information content (AvgIpc) is 2.28. The molecule has 0 bridgehead atoms. The maximum atomic E-state index is 4.39. The maximum Gasteiger partial charge on any atom is 0.0775 e. The van der Waals surface area contributed by atoms with Gasteiger partial charge in [-0.3, -0.25) is 10.3 Å². The SMILES string of the molecule is C1=C[N]C2C=CN=CC2CC1. The highest BCUT2D eigenvalue weighted by Gasteiger charge is 2.19. The second kappa shape index (κ2) is 2.91. The molecule has 0 saturated carbocycles. The van der Waals surface area contributed by atoms with Gasteiger partial charge in [0.2, 0.25) is 0 Å². The summed E-state index contributed by atoms with van der Waals surface area (Å²) in [4.78, 5) is 4.11. The minimum Gasteiger partial charge on any atom is -0.285 e. The van der Waals surface area contributed by atoms with Gasteiger partial charge in [0.25, 0.3) is 0 Å². The molecule has 2 atom stereocenters. The molecule has 0 saturated heterocycles. The summed E-state index contributed by atoms with van der Waals surface area (Å²) in [6.45, 7) is 0. The van der Waals surface area contributed by atoms with Gasteiger partial charge < -0.3 is 0 Å². The predicted octanol–water partition coefficient (Wildman–Crippen LogP) is 1.48. The minimum atomic E-state index is 0.353. The van der Waals surface area contributed by atoms with Crippen molar-refractivity contribution in [3.05, 3.63) is 24.6 Å². The van der Waals surface area contributed by atoms with Gasteiger partial charge in [-0.25, -0.2) is 0 Å². The summed E-state index contributed by atoms with van der Waals surface area (Å²) in [6, 6.07) is 0.353. The van der Waals surface area contributed by atoms with Crippen molar-refractivity contribution in [3.8, 4) is 0 Å². The molecular formula is C9H11N2. The Bertz CT molecular complexity index is 216. The van der Waals surface area contributed by atoms with Crippen LogP contribution in [0.25, 0.3) is 0 Å². The first-order valence-corrected chi connectivity index (χ1v) is 4.02. The molecule has 0 N–H and O–H groups in total. The topological polar surface area (TPSA) is 26.5 Å². The number of nitrogens with zero attached hydrogens (tertiary/aromatic N) is 2. The van der Waals surface area contributed by atoms with Gasteiger partial charge in [0.1, 0.15) is 0 Å². The van der Waals surface area contributed by atoms with Crippen molar-refractivity contribution in [1.29, 1.82) is 0 Å². The van der Waals surface area contributed by atoms with Crippen molar-refractivity contribution in [2.24, 2.45) is 10.9 Å². The molecule has 0 spiro atoms. The molecule has 2 nitrogen and oxygen atoms in total. The van der Waals surface area contributed by atoms with Crippen LogP contribution in [0.15, 0.2) is 29.5 Å². The Kier molecular flexibility index (Phi) is 1.76. The molecule has 11 heavy (non-hydrogen) atoms. The van der Waals surface area contributed by atoms with Gasteiger partial charge in [-0.05, 0) is 18.9 Å². The van der Waals surface area contributed by atoms with E-state index < -0.39 is 0 Å². The van der Waals surface area contributed by atoms with Gasteiger partial charge in [0, 0.05) is 24.5 Å². The lowest BCUT2D eigenvalue weighted by molar-refractivity contribution is 0.531. The Morgan fingerprint density at radius 3 is 3.27 bits per heavy atom.